The van der Waals surface area contributed by atoms with Gasteiger partial charge in [0.25, 0.3) is 0 Å². The molecule has 178 valence electrons. The number of benzene rings is 3. The Bertz CT molecular complexity index is 1300. The number of aryl methyl sites for hydroxylation is 1. The van der Waals surface area contributed by atoms with Crippen LogP contribution in [-0.2, 0) is 9.53 Å². The Morgan fingerprint density at radius 1 is 0.971 bits per heavy atom. The van der Waals surface area contributed by atoms with Crippen LogP contribution >= 0.6 is 11.8 Å². The molecule has 3 aromatic carbocycles. The summed E-state index contributed by atoms with van der Waals surface area (Å²) in [4.78, 5) is 15.1. The molecule has 7 nitrogen and oxygen atoms in total. The van der Waals surface area contributed by atoms with Crippen LogP contribution in [0.4, 0.5) is 11.6 Å². The molecule has 0 spiro atoms. The molecule has 0 radical (unpaired) electrons. The molecule has 0 unspecified atom stereocenters. The number of para-hydroxylation sites is 1. The van der Waals surface area contributed by atoms with Gasteiger partial charge in [-0.05, 0) is 36.2 Å². The number of hydrogen-bond acceptors (Lipinski definition) is 6. The van der Waals surface area contributed by atoms with Crippen molar-refractivity contribution >= 4 is 29.3 Å². The summed E-state index contributed by atoms with van der Waals surface area (Å²) in [5.41, 5.74) is 4.97. The maximum Gasteiger partial charge on any atom is 0.234 e. The number of amides is 1. The number of thioether (sulfide) groups is 1. The minimum absolute atomic E-state index is 0.0925. The molecule has 4 aromatic rings. The molecule has 35 heavy (non-hydrogen) atoms. The van der Waals surface area contributed by atoms with Crippen LogP contribution in [0.15, 0.2) is 84.0 Å². The van der Waals surface area contributed by atoms with E-state index in [1.165, 1.54) is 11.8 Å². The van der Waals surface area contributed by atoms with Gasteiger partial charge in [-0.3, -0.25) is 9.36 Å². The Labute approximate surface area is 209 Å². The van der Waals surface area contributed by atoms with Gasteiger partial charge in [-0.1, -0.05) is 72.4 Å². The highest BCUT2D eigenvalue weighted by atomic mass is 32.2. The molecular weight excluding hydrogens is 458 g/mol. The first-order valence-electron chi connectivity index (χ1n) is 11.6. The zero-order chi connectivity index (χ0) is 24.0. The number of anilines is 2. The fourth-order valence-electron chi connectivity index (χ4n) is 4.09. The van der Waals surface area contributed by atoms with E-state index in [0.29, 0.717) is 18.4 Å². The van der Waals surface area contributed by atoms with Crippen molar-refractivity contribution in [1.82, 2.24) is 14.8 Å². The molecule has 0 saturated carbocycles. The van der Waals surface area contributed by atoms with Gasteiger partial charge in [-0.15, -0.1) is 10.2 Å². The van der Waals surface area contributed by atoms with E-state index in [2.05, 4.69) is 39.5 Å². The summed E-state index contributed by atoms with van der Waals surface area (Å²) in [7, 11) is 0. The summed E-state index contributed by atoms with van der Waals surface area (Å²) < 4.78 is 7.55. The highest BCUT2D eigenvalue weighted by molar-refractivity contribution is 7.99. The number of carbonyl (C=O) groups is 1. The highest BCUT2D eigenvalue weighted by Crippen LogP contribution is 2.30. The molecule has 1 aliphatic heterocycles. The average Bonchev–Trinajstić information content (AvgIpc) is 3.33. The van der Waals surface area contributed by atoms with E-state index in [0.717, 1.165) is 47.1 Å². The van der Waals surface area contributed by atoms with Crippen LogP contribution in [0.5, 0.6) is 0 Å². The van der Waals surface area contributed by atoms with Crippen molar-refractivity contribution in [3.8, 4) is 16.8 Å². The summed E-state index contributed by atoms with van der Waals surface area (Å²) in [6.45, 7) is 4.89. The van der Waals surface area contributed by atoms with E-state index >= 15 is 0 Å². The standard InChI is InChI=1S/C27H27N5O2S/c1-20-8-7-11-22(18-20)32-26(31-14-16-34-17-15-31)29-30-27(32)35-19-25(33)28-24-13-6-5-12-23(24)21-9-3-2-4-10-21/h2-13,18H,14-17,19H2,1H3,(H,28,33). The van der Waals surface area contributed by atoms with Crippen LogP contribution in [0, 0.1) is 6.92 Å². The molecule has 8 heteroatoms. The van der Waals surface area contributed by atoms with Crippen molar-refractivity contribution in [2.45, 2.75) is 12.1 Å². The first-order valence-corrected chi connectivity index (χ1v) is 12.6. The number of carbonyl (C=O) groups excluding carboxylic acids is 1. The minimum atomic E-state index is -0.0925. The molecule has 5 rings (SSSR count). The normalized spacial score (nSPS) is 13.6. The molecule has 1 aliphatic rings. The predicted molar refractivity (Wildman–Crippen MR) is 140 cm³/mol. The summed E-state index contributed by atoms with van der Waals surface area (Å²) in [6, 6.07) is 26.1. The maximum atomic E-state index is 13.0. The Balaban J connectivity index is 1.36. The van der Waals surface area contributed by atoms with Crippen LogP contribution in [0.1, 0.15) is 5.56 Å². The third kappa shape index (κ3) is 5.39. The van der Waals surface area contributed by atoms with Gasteiger partial charge < -0.3 is 15.0 Å². The van der Waals surface area contributed by atoms with Gasteiger partial charge in [0.1, 0.15) is 0 Å². The lowest BCUT2D eigenvalue weighted by Gasteiger charge is -2.28. The maximum absolute atomic E-state index is 13.0. The van der Waals surface area contributed by atoms with E-state index < -0.39 is 0 Å². The van der Waals surface area contributed by atoms with E-state index in [1.807, 2.05) is 71.3 Å². The molecule has 0 atom stereocenters. The van der Waals surface area contributed by atoms with Crippen molar-refractivity contribution in [2.75, 3.05) is 42.3 Å². The highest BCUT2D eigenvalue weighted by Gasteiger charge is 2.22. The predicted octanol–water partition coefficient (Wildman–Crippen LogP) is 4.81. The van der Waals surface area contributed by atoms with Crippen molar-refractivity contribution in [1.29, 1.82) is 0 Å². The number of nitrogens with one attached hydrogen (secondary N) is 1. The number of hydrogen-bond donors (Lipinski definition) is 1. The zero-order valence-electron chi connectivity index (χ0n) is 19.6. The van der Waals surface area contributed by atoms with Crippen molar-refractivity contribution in [3.63, 3.8) is 0 Å². The number of ether oxygens (including phenoxy) is 1. The average molecular weight is 486 g/mol. The number of rotatable bonds is 7. The second kappa shape index (κ2) is 10.8. The summed E-state index contributed by atoms with van der Waals surface area (Å²) in [6.07, 6.45) is 0. The van der Waals surface area contributed by atoms with Gasteiger partial charge >= 0.3 is 0 Å². The SMILES string of the molecule is Cc1cccc(-n2c(SCC(=O)Nc3ccccc3-c3ccccc3)nnc2N2CCOCC2)c1. The fraction of sp³-hybridized carbons (Fsp3) is 0.222. The minimum Gasteiger partial charge on any atom is -0.378 e. The summed E-state index contributed by atoms with van der Waals surface area (Å²) >= 11 is 1.38. The van der Waals surface area contributed by atoms with Crippen molar-refractivity contribution in [3.05, 3.63) is 84.4 Å². The van der Waals surface area contributed by atoms with E-state index in [-0.39, 0.29) is 11.7 Å². The molecular formula is C27H27N5O2S. The molecule has 1 fully saturated rings. The summed E-state index contributed by atoms with van der Waals surface area (Å²) in [5.74, 6) is 0.900. The number of morpholine rings is 1. The fourth-order valence-corrected chi connectivity index (χ4v) is 4.84. The Hall–Kier alpha value is -3.62. The molecule has 1 saturated heterocycles. The van der Waals surface area contributed by atoms with Gasteiger partial charge in [0.15, 0.2) is 5.16 Å². The first kappa shape index (κ1) is 23.1. The Morgan fingerprint density at radius 2 is 1.74 bits per heavy atom. The van der Waals surface area contributed by atoms with Gasteiger partial charge in [0.05, 0.1) is 24.7 Å². The molecule has 0 aliphatic carbocycles. The number of nitrogens with zero attached hydrogens (tertiary/aromatic N) is 4. The summed E-state index contributed by atoms with van der Waals surface area (Å²) in [5, 5.41) is 12.7. The lowest BCUT2D eigenvalue weighted by molar-refractivity contribution is -0.113. The topological polar surface area (TPSA) is 72.3 Å². The quantitative estimate of drug-likeness (QED) is 0.379. The van der Waals surface area contributed by atoms with E-state index in [1.54, 1.807) is 0 Å². The van der Waals surface area contributed by atoms with Crippen molar-refractivity contribution in [2.24, 2.45) is 0 Å². The van der Waals surface area contributed by atoms with Crippen molar-refractivity contribution < 1.29 is 9.53 Å². The molecule has 2 heterocycles. The van der Waals surface area contributed by atoms with Crippen LogP contribution in [0.25, 0.3) is 16.8 Å². The van der Waals surface area contributed by atoms with Crippen LogP contribution in [0.3, 0.4) is 0 Å². The second-order valence-corrected chi connectivity index (χ2v) is 9.25. The molecule has 1 amide bonds. The van der Waals surface area contributed by atoms with Crippen LogP contribution in [0.2, 0.25) is 0 Å². The largest absolute Gasteiger partial charge is 0.378 e. The van der Waals surface area contributed by atoms with Gasteiger partial charge in [0.2, 0.25) is 11.9 Å². The molecule has 1 N–H and O–H groups in total. The zero-order valence-corrected chi connectivity index (χ0v) is 20.4. The molecule has 1 aromatic heterocycles. The lowest BCUT2D eigenvalue weighted by Crippen LogP contribution is -2.37. The van der Waals surface area contributed by atoms with Gasteiger partial charge in [-0.25, -0.2) is 0 Å². The Kier molecular flexibility index (Phi) is 7.11. The third-order valence-corrected chi connectivity index (χ3v) is 6.72. The van der Waals surface area contributed by atoms with Gasteiger partial charge in [-0.2, -0.15) is 0 Å². The lowest BCUT2D eigenvalue weighted by atomic mass is 10.0. The van der Waals surface area contributed by atoms with Gasteiger partial charge in [0, 0.05) is 24.3 Å². The Morgan fingerprint density at radius 3 is 2.54 bits per heavy atom. The monoisotopic (exact) mass is 485 g/mol. The van der Waals surface area contributed by atoms with Crippen LogP contribution in [-0.4, -0.2) is 52.7 Å². The third-order valence-electron chi connectivity index (χ3n) is 5.79. The van der Waals surface area contributed by atoms with Crippen LogP contribution < -0.4 is 10.2 Å². The number of aromatic nitrogens is 3. The van der Waals surface area contributed by atoms with E-state index in [4.69, 9.17) is 4.74 Å². The first-order chi connectivity index (χ1) is 17.2. The molecule has 0 bridgehead atoms. The van der Waals surface area contributed by atoms with E-state index in [9.17, 15) is 4.79 Å². The smallest absolute Gasteiger partial charge is 0.234 e. The second-order valence-electron chi connectivity index (χ2n) is 8.30.